The zero-order valence-electron chi connectivity index (χ0n) is 10.4. The van der Waals surface area contributed by atoms with Crippen LogP contribution in [0.2, 0.25) is 5.02 Å². The third-order valence-corrected chi connectivity index (χ3v) is 3.39. The summed E-state index contributed by atoms with van der Waals surface area (Å²) in [7, 11) is 1.28. The summed E-state index contributed by atoms with van der Waals surface area (Å²) in [6.07, 6.45) is 1.50. The van der Waals surface area contributed by atoms with E-state index in [4.69, 9.17) is 16.3 Å². The summed E-state index contributed by atoms with van der Waals surface area (Å²) in [5.74, 6) is -1.23. The molecule has 0 radical (unpaired) electrons. The van der Waals surface area contributed by atoms with E-state index in [0.29, 0.717) is 24.9 Å². The van der Waals surface area contributed by atoms with Crippen LogP contribution in [0.3, 0.4) is 0 Å². The first-order chi connectivity index (χ1) is 9.04. The van der Waals surface area contributed by atoms with Gasteiger partial charge in [0.25, 0.3) is 0 Å². The van der Waals surface area contributed by atoms with Gasteiger partial charge in [-0.15, -0.1) is 0 Å². The van der Waals surface area contributed by atoms with Gasteiger partial charge in [0.1, 0.15) is 11.9 Å². The Labute approximate surface area is 115 Å². The quantitative estimate of drug-likeness (QED) is 0.785. The molecule has 1 aliphatic rings. The molecule has 1 aliphatic heterocycles. The number of rotatable bonds is 2. The van der Waals surface area contributed by atoms with Crippen molar-refractivity contribution < 1.29 is 18.7 Å². The molecule has 1 amide bonds. The number of carbonyl (C=O) groups excluding carboxylic acids is 2. The van der Waals surface area contributed by atoms with Crippen LogP contribution >= 0.6 is 11.6 Å². The van der Waals surface area contributed by atoms with Crippen LogP contribution in [0.4, 0.5) is 10.1 Å². The normalized spacial score (nSPS) is 19.4. The second kappa shape index (κ2) is 5.57. The Balaban J connectivity index is 2.38. The van der Waals surface area contributed by atoms with Gasteiger partial charge in [0.15, 0.2) is 0 Å². The number of nitrogens with zero attached hydrogens (tertiary/aromatic N) is 1. The monoisotopic (exact) mass is 285 g/mol. The van der Waals surface area contributed by atoms with Crippen LogP contribution < -0.4 is 4.90 Å². The lowest BCUT2D eigenvalue weighted by atomic mass is 10.0. The minimum atomic E-state index is -0.673. The summed E-state index contributed by atoms with van der Waals surface area (Å²) in [6.45, 7) is 0. The molecule has 0 bridgehead atoms. The van der Waals surface area contributed by atoms with Gasteiger partial charge in [0, 0.05) is 12.1 Å². The van der Waals surface area contributed by atoms with Gasteiger partial charge in [0.2, 0.25) is 5.91 Å². The van der Waals surface area contributed by atoms with Crippen molar-refractivity contribution in [2.75, 3.05) is 12.0 Å². The Morgan fingerprint density at radius 3 is 2.89 bits per heavy atom. The molecule has 1 aromatic rings. The van der Waals surface area contributed by atoms with Crippen molar-refractivity contribution in [3.8, 4) is 0 Å². The van der Waals surface area contributed by atoms with Crippen LogP contribution in [-0.4, -0.2) is 25.0 Å². The first-order valence-electron chi connectivity index (χ1n) is 5.89. The molecule has 1 heterocycles. The van der Waals surface area contributed by atoms with Crippen molar-refractivity contribution in [1.82, 2.24) is 0 Å². The van der Waals surface area contributed by atoms with Gasteiger partial charge >= 0.3 is 5.97 Å². The van der Waals surface area contributed by atoms with Gasteiger partial charge in [0.05, 0.1) is 12.1 Å². The molecule has 1 aromatic carbocycles. The topological polar surface area (TPSA) is 46.6 Å². The lowest BCUT2D eigenvalue weighted by Gasteiger charge is -2.33. The van der Waals surface area contributed by atoms with E-state index in [1.54, 1.807) is 0 Å². The molecule has 2 rings (SSSR count). The summed E-state index contributed by atoms with van der Waals surface area (Å²) in [6, 6.07) is 3.28. The number of benzene rings is 1. The first kappa shape index (κ1) is 13.8. The van der Waals surface area contributed by atoms with Crippen LogP contribution in [0.1, 0.15) is 19.3 Å². The van der Waals surface area contributed by atoms with Crippen LogP contribution in [0.25, 0.3) is 0 Å². The van der Waals surface area contributed by atoms with Crippen molar-refractivity contribution in [3.05, 3.63) is 29.0 Å². The summed E-state index contributed by atoms with van der Waals surface area (Å²) in [5, 5.41) is -0.0838. The minimum Gasteiger partial charge on any atom is -0.467 e. The Morgan fingerprint density at radius 1 is 1.53 bits per heavy atom. The highest BCUT2D eigenvalue weighted by Crippen LogP contribution is 2.29. The van der Waals surface area contributed by atoms with E-state index in [9.17, 15) is 14.0 Å². The number of carbonyl (C=O) groups is 2. The number of ether oxygens (including phenoxy) is 1. The molecule has 0 spiro atoms. The van der Waals surface area contributed by atoms with E-state index in [2.05, 4.69) is 0 Å². The molecule has 1 fully saturated rings. The number of anilines is 1. The van der Waals surface area contributed by atoms with Crippen LogP contribution in [0.15, 0.2) is 18.2 Å². The first-order valence-corrected chi connectivity index (χ1v) is 6.27. The van der Waals surface area contributed by atoms with Gasteiger partial charge in [-0.05, 0) is 31.0 Å². The Bertz CT molecular complexity index is 521. The molecule has 0 N–H and O–H groups in total. The van der Waals surface area contributed by atoms with Gasteiger partial charge in [-0.25, -0.2) is 9.18 Å². The molecule has 0 saturated carbocycles. The van der Waals surface area contributed by atoms with E-state index in [1.165, 1.54) is 30.2 Å². The highest BCUT2D eigenvalue weighted by Gasteiger charge is 2.35. The summed E-state index contributed by atoms with van der Waals surface area (Å²) in [5.41, 5.74) is 0.409. The fraction of sp³-hybridized carbons (Fsp3) is 0.385. The lowest BCUT2D eigenvalue weighted by molar-refractivity contribution is -0.144. The predicted molar refractivity (Wildman–Crippen MR) is 68.6 cm³/mol. The zero-order valence-corrected chi connectivity index (χ0v) is 11.1. The van der Waals surface area contributed by atoms with Crippen LogP contribution in [0, 0.1) is 5.82 Å². The average Bonchev–Trinajstić information content (AvgIpc) is 2.41. The smallest absolute Gasteiger partial charge is 0.328 e. The summed E-state index contributed by atoms with van der Waals surface area (Å²) < 4.78 is 17.9. The molecule has 6 heteroatoms. The SMILES string of the molecule is COC(=O)C1CCCC(=O)N1c1ccc(F)c(Cl)c1. The Morgan fingerprint density at radius 2 is 2.26 bits per heavy atom. The second-order valence-electron chi connectivity index (χ2n) is 4.29. The second-order valence-corrected chi connectivity index (χ2v) is 4.70. The van der Waals surface area contributed by atoms with E-state index < -0.39 is 17.8 Å². The Hall–Kier alpha value is -1.62. The molecule has 0 aliphatic carbocycles. The van der Waals surface area contributed by atoms with E-state index >= 15 is 0 Å². The van der Waals surface area contributed by atoms with Crippen molar-refractivity contribution in [2.24, 2.45) is 0 Å². The number of halogens is 2. The number of esters is 1. The Kier molecular flexibility index (Phi) is 4.04. The van der Waals surface area contributed by atoms with E-state index in [0.717, 1.165) is 0 Å². The predicted octanol–water partition coefficient (Wildman–Crippen LogP) is 2.54. The van der Waals surface area contributed by atoms with E-state index in [-0.39, 0.29) is 10.9 Å². The number of hydrogen-bond acceptors (Lipinski definition) is 3. The molecule has 1 saturated heterocycles. The summed E-state index contributed by atoms with van der Waals surface area (Å²) in [4.78, 5) is 25.1. The molecule has 4 nitrogen and oxygen atoms in total. The van der Waals surface area contributed by atoms with Gasteiger partial charge < -0.3 is 4.74 Å². The number of methoxy groups -OCH3 is 1. The van der Waals surface area contributed by atoms with Crippen molar-refractivity contribution in [2.45, 2.75) is 25.3 Å². The maximum absolute atomic E-state index is 13.2. The number of piperidine rings is 1. The molecule has 19 heavy (non-hydrogen) atoms. The average molecular weight is 286 g/mol. The fourth-order valence-electron chi connectivity index (χ4n) is 2.19. The molecular formula is C13H13ClFNO3. The van der Waals surface area contributed by atoms with Crippen LogP contribution in [-0.2, 0) is 14.3 Å². The zero-order chi connectivity index (χ0) is 14.0. The highest BCUT2D eigenvalue weighted by molar-refractivity contribution is 6.31. The van der Waals surface area contributed by atoms with Crippen LogP contribution in [0.5, 0.6) is 0 Å². The molecule has 0 aromatic heterocycles. The molecule has 102 valence electrons. The van der Waals surface area contributed by atoms with E-state index in [1.807, 2.05) is 0 Å². The molecular weight excluding hydrogens is 273 g/mol. The highest BCUT2D eigenvalue weighted by atomic mass is 35.5. The van der Waals surface area contributed by atoms with Crippen molar-refractivity contribution in [1.29, 1.82) is 0 Å². The summed E-state index contributed by atoms with van der Waals surface area (Å²) >= 11 is 5.71. The minimum absolute atomic E-state index is 0.0838. The maximum atomic E-state index is 13.2. The standard InChI is InChI=1S/C13H13ClFNO3/c1-19-13(18)11-3-2-4-12(17)16(11)8-5-6-10(15)9(14)7-8/h5-7,11H,2-4H2,1H3. The number of amides is 1. The van der Waals surface area contributed by atoms with Gasteiger partial charge in [-0.3, -0.25) is 9.69 Å². The number of hydrogen-bond donors (Lipinski definition) is 0. The lowest BCUT2D eigenvalue weighted by Crippen LogP contribution is -2.48. The maximum Gasteiger partial charge on any atom is 0.328 e. The van der Waals surface area contributed by atoms with Crippen molar-refractivity contribution >= 4 is 29.2 Å². The largest absolute Gasteiger partial charge is 0.467 e. The molecule has 1 unspecified atom stereocenters. The van der Waals surface area contributed by atoms with Crippen molar-refractivity contribution in [3.63, 3.8) is 0 Å². The van der Waals surface area contributed by atoms with Gasteiger partial charge in [-0.2, -0.15) is 0 Å². The third-order valence-electron chi connectivity index (χ3n) is 3.10. The fourth-order valence-corrected chi connectivity index (χ4v) is 2.36. The third kappa shape index (κ3) is 2.71. The van der Waals surface area contributed by atoms with Gasteiger partial charge in [-0.1, -0.05) is 11.6 Å². The molecule has 1 atom stereocenters.